The van der Waals surface area contributed by atoms with Gasteiger partial charge in [0, 0.05) is 12.6 Å². The van der Waals surface area contributed by atoms with Crippen molar-refractivity contribution in [3.8, 4) is 11.5 Å². The summed E-state index contributed by atoms with van der Waals surface area (Å²) < 4.78 is 10.4. The van der Waals surface area contributed by atoms with Crippen molar-refractivity contribution in [2.24, 2.45) is 4.99 Å². The first-order valence-corrected chi connectivity index (χ1v) is 5.98. The molecule has 0 aliphatic rings. The normalized spacial score (nSPS) is 10.6. The van der Waals surface area contributed by atoms with Gasteiger partial charge in [-0.1, -0.05) is 6.07 Å². The zero-order valence-corrected chi connectivity index (χ0v) is 11.2. The first kappa shape index (κ1) is 14.2. The van der Waals surface area contributed by atoms with Crippen LogP contribution in [-0.2, 0) is 6.42 Å². The fourth-order valence-electron chi connectivity index (χ4n) is 1.72. The first-order valence-electron chi connectivity index (χ1n) is 5.98. The quantitative estimate of drug-likeness (QED) is 0.621. The molecule has 1 N–H and O–H groups in total. The van der Waals surface area contributed by atoms with Crippen LogP contribution in [0.4, 0.5) is 0 Å². The molecule has 1 rings (SSSR count). The van der Waals surface area contributed by atoms with E-state index in [2.05, 4.69) is 4.99 Å². The molecule has 0 atom stereocenters. The van der Waals surface area contributed by atoms with E-state index in [0.717, 1.165) is 24.3 Å². The Morgan fingerprint density at radius 3 is 2.61 bits per heavy atom. The molecule has 4 nitrogen and oxygen atoms in total. The highest BCUT2D eigenvalue weighted by Crippen LogP contribution is 2.28. The molecule has 0 spiro atoms. The molecule has 0 aromatic heterocycles. The second-order valence-electron chi connectivity index (χ2n) is 3.88. The monoisotopic (exact) mass is 248 g/mol. The van der Waals surface area contributed by atoms with Gasteiger partial charge in [-0.3, -0.25) is 5.41 Å². The molecule has 0 bridgehead atoms. The molecule has 0 aliphatic carbocycles. The summed E-state index contributed by atoms with van der Waals surface area (Å²) in [6.45, 7) is 1.82. The lowest BCUT2D eigenvalue weighted by molar-refractivity contribution is 0.354. The highest BCUT2D eigenvalue weighted by molar-refractivity contribution is 5.86. The minimum Gasteiger partial charge on any atom is -0.493 e. The predicted molar refractivity (Wildman–Crippen MR) is 74.4 cm³/mol. The zero-order chi connectivity index (χ0) is 13.4. The standard InChI is InChI=1S/C14H20N2O2/c1-4-16-14(15)7-5-6-11-8-9-12(17-2)13(10-11)18-3/h4,8-10,15H,5-7H2,1-3H3. The van der Waals surface area contributed by atoms with Crippen molar-refractivity contribution in [2.45, 2.75) is 26.2 Å². The first-order chi connectivity index (χ1) is 8.71. The number of nitrogens with zero attached hydrogens (tertiary/aromatic N) is 1. The minimum atomic E-state index is 0.429. The Morgan fingerprint density at radius 1 is 1.28 bits per heavy atom. The van der Waals surface area contributed by atoms with Crippen molar-refractivity contribution in [1.29, 1.82) is 5.41 Å². The van der Waals surface area contributed by atoms with Crippen LogP contribution in [0.5, 0.6) is 11.5 Å². The molecule has 4 heteroatoms. The maximum absolute atomic E-state index is 7.55. The molecule has 18 heavy (non-hydrogen) atoms. The number of nitrogens with one attached hydrogen (secondary N) is 1. The summed E-state index contributed by atoms with van der Waals surface area (Å²) >= 11 is 0. The van der Waals surface area contributed by atoms with Crippen LogP contribution in [0.25, 0.3) is 0 Å². The van der Waals surface area contributed by atoms with Gasteiger partial charge in [0.1, 0.15) is 5.84 Å². The van der Waals surface area contributed by atoms with Crippen LogP contribution < -0.4 is 9.47 Å². The second kappa shape index (κ2) is 7.48. The summed E-state index contributed by atoms with van der Waals surface area (Å²) in [6.07, 6.45) is 4.16. The smallest absolute Gasteiger partial charge is 0.160 e. The van der Waals surface area contributed by atoms with Crippen LogP contribution in [-0.4, -0.2) is 26.3 Å². The number of hydrogen-bond donors (Lipinski definition) is 1. The van der Waals surface area contributed by atoms with E-state index in [4.69, 9.17) is 14.9 Å². The summed E-state index contributed by atoms with van der Waals surface area (Å²) in [4.78, 5) is 3.93. The summed E-state index contributed by atoms with van der Waals surface area (Å²) in [6, 6.07) is 5.91. The number of methoxy groups -OCH3 is 2. The van der Waals surface area contributed by atoms with Gasteiger partial charge in [0.05, 0.1) is 14.2 Å². The van der Waals surface area contributed by atoms with Crippen molar-refractivity contribution >= 4 is 12.1 Å². The Balaban J connectivity index is 2.55. The predicted octanol–water partition coefficient (Wildman–Crippen LogP) is 3.09. The average molecular weight is 248 g/mol. The van der Waals surface area contributed by atoms with Gasteiger partial charge in [0.15, 0.2) is 11.5 Å². The Labute approximate surface area is 108 Å². The molecule has 0 aliphatic heterocycles. The Hall–Kier alpha value is -1.84. The molecule has 0 saturated carbocycles. The lowest BCUT2D eigenvalue weighted by atomic mass is 10.1. The second-order valence-corrected chi connectivity index (χ2v) is 3.88. The van der Waals surface area contributed by atoms with Crippen molar-refractivity contribution in [1.82, 2.24) is 0 Å². The summed E-state index contributed by atoms with van der Waals surface area (Å²) in [5.41, 5.74) is 1.18. The summed E-state index contributed by atoms with van der Waals surface area (Å²) in [5.74, 6) is 1.92. The van der Waals surface area contributed by atoms with E-state index < -0.39 is 0 Å². The Kier molecular flexibility index (Phi) is 5.91. The third-order valence-corrected chi connectivity index (χ3v) is 2.61. The van der Waals surface area contributed by atoms with Crippen LogP contribution in [0.1, 0.15) is 25.3 Å². The van der Waals surface area contributed by atoms with Crippen LogP contribution >= 0.6 is 0 Å². The molecule has 0 radical (unpaired) electrons. The number of amidine groups is 1. The Morgan fingerprint density at radius 2 is 2.00 bits per heavy atom. The van der Waals surface area contributed by atoms with E-state index in [1.54, 1.807) is 20.4 Å². The number of ether oxygens (including phenoxy) is 2. The van der Waals surface area contributed by atoms with Gasteiger partial charge in [-0.2, -0.15) is 0 Å². The van der Waals surface area contributed by atoms with Gasteiger partial charge in [0.2, 0.25) is 0 Å². The van der Waals surface area contributed by atoms with Crippen molar-refractivity contribution < 1.29 is 9.47 Å². The SMILES string of the molecule is CC=NC(=N)CCCc1ccc(OC)c(OC)c1. The van der Waals surface area contributed by atoms with E-state index in [1.807, 2.05) is 25.1 Å². The number of hydrogen-bond acceptors (Lipinski definition) is 3. The summed E-state index contributed by atoms with van der Waals surface area (Å²) in [5, 5.41) is 7.55. The van der Waals surface area contributed by atoms with Gasteiger partial charge < -0.3 is 9.47 Å². The molecule has 0 unspecified atom stereocenters. The van der Waals surface area contributed by atoms with Crippen molar-refractivity contribution in [3.63, 3.8) is 0 Å². The summed E-state index contributed by atoms with van der Waals surface area (Å²) in [7, 11) is 3.26. The molecular weight excluding hydrogens is 228 g/mol. The molecule has 0 saturated heterocycles. The molecule has 1 aromatic rings. The molecule has 0 amide bonds. The molecule has 1 aromatic carbocycles. The lowest BCUT2D eigenvalue weighted by Crippen LogP contribution is -1.96. The third kappa shape index (κ3) is 4.20. The van der Waals surface area contributed by atoms with E-state index >= 15 is 0 Å². The van der Waals surface area contributed by atoms with Gasteiger partial charge in [0.25, 0.3) is 0 Å². The minimum absolute atomic E-state index is 0.429. The van der Waals surface area contributed by atoms with Crippen LogP contribution in [0.2, 0.25) is 0 Å². The van der Waals surface area contributed by atoms with Crippen LogP contribution in [0.3, 0.4) is 0 Å². The van der Waals surface area contributed by atoms with Gasteiger partial charge in [-0.05, 0) is 37.5 Å². The van der Waals surface area contributed by atoms with E-state index in [1.165, 1.54) is 5.56 Å². The van der Waals surface area contributed by atoms with E-state index in [-0.39, 0.29) is 0 Å². The van der Waals surface area contributed by atoms with Crippen LogP contribution in [0.15, 0.2) is 23.2 Å². The molecule has 0 heterocycles. The van der Waals surface area contributed by atoms with Gasteiger partial charge >= 0.3 is 0 Å². The largest absolute Gasteiger partial charge is 0.493 e. The Bertz CT molecular complexity index is 428. The maximum atomic E-state index is 7.55. The maximum Gasteiger partial charge on any atom is 0.160 e. The number of rotatable bonds is 6. The lowest BCUT2D eigenvalue weighted by Gasteiger charge is -2.09. The average Bonchev–Trinajstić information content (AvgIpc) is 2.38. The van der Waals surface area contributed by atoms with Crippen LogP contribution in [0, 0.1) is 5.41 Å². The number of benzene rings is 1. The fraction of sp³-hybridized carbons (Fsp3) is 0.429. The number of aliphatic imine (C=N–C) groups is 1. The van der Waals surface area contributed by atoms with E-state index in [0.29, 0.717) is 12.3 Å². The topological polar surface area (TPSA) is 54.7 Å². The third-order valence-electron chi connectivity index (χ3n) is 2.61. The molecule has 98 valence electrons. The zero-order valence-electron chi connectivity index (χ0n) is 11.2. The molecular formula is C14H20N2O2. The van der Waals surface area contributed by atoms with E-state index in [9.17, 15) is 0 Å². The van der Waals surface area contributed by atoms with Crippen molar-refractivity contribution in [2.75, 3.05) is 14.2 Å². The fourth-order valence-corrected chi connectivity index (χ4v) is 1.72. The highest BCUT2D eigenvalue weighted by atomic mass is 16.5. The molecule has 0 fully saturated rings. The van der Waals surface area contributed by atoms with Crippen molar-refractivity contribution in [3.05, 3.63) is 23.8 Å². The van der Waals surface area contributed by atoms with Gasteiger partial charge in [-0.15, -0.1) is 0 Å². The number of aryl methyl sites for hydroxylation is 1. The highest BCUT2D eigenvalue weighted by Gasteiger charge is 2.04. The van der Waals surface area contributed by atoms with Gasteiger partial charge in [-0.25, -0.2) is 4.99 Å².